The number of hydrogen-bond donors (Lipinski definition) is 2. The molecule has 0 saturated carbocycles. The average Bonchev–Trinajstić information content (AvgIpc) is 2.50. The predicted molar refractivity (Wildman–Crippen MR) is 91.2 cm³/mol. The SMILES string of the molecule is CCN(C)c1ccccc1NC(=O)CCCCCNC(C)=O. The van der Waals surface area contributed by atoms with E-state index in [4.69, 9.17) is 0 Å². The minimum Gasteiger partial charge on any atom is -0.373 e. The molecule has 122 valence electrons. The van der Waals surface area contributed by atoms with Crippen LogP contribution >= 0.6 is 0 Å². The Bertz CT molecular complexity index is 489. The summed E-state index contributed by atoms with van der Waals surface area (Å²) < 4.78 is 0. The Kier molecular flexibility index (Phi) is 8.04. The second-order valence-electron chi connectivity index (χ2n) is 5.37. The first-order valence-electron chi connectivity index (χ1n) is 7.89. The lowest BCUT2D eigenvalue weighted by atomic mass is 10.1. The number of para-hydroxylation sites is 2. The summed E-state index contributed by atoms with van der Waals surface area (Å²) in [4.78, 5) is 24.8. The molecule has 0 heterocycles. The molecule has 0 saturated heterocycles. The van der Waals surface area contributed by atoms with Crippen LogP contribution in [0, 0.1) is 0 Å². The van der Waals surface area contributed by atoms with Crippen LogP contribution in [-0.4, -0.2) is 32.0 Å². The van der Waals surface area contributed by atoms with Crippen molar-refractivity contribution >= 4 is 23.2 Å². The summed E-state index contributed by atoms with van der Waals surface area (Å²) in [5.74, 6) is 0.0332. The van der Waals surface area contributed by atoms with Crippen LogP contribution in [0.3, 0.4) is 0 Å². The minimum absolute atomic E-state index is 0.00519. The van der Waals surface area contributed by atoms with E-state index in [2.05, 4.69) is 22.5 Å². The Morgan fingerprint density at radius 3 is 2.55 bits per heavy atom. The van der Waals surface area contributed by atoms with Crippen LogP contribution in [0.2, 0.25) is 0 Å². The molecule has 0 aromatic heterocycles. The summed E-state index contributed by atoms with van der Waals surface area (Å²) in [5.41, 5.74) is 1.89. The Morgan fingerprint density at radius 2 is 1.86 bits per heavy atom. The summed E-state index contributed by atoms with van der Waals surface area (Å²) in [6.07, 6.45) is 3.17. The van der Waals surface area contributed by atoms with Crippen LogP contribution in [0.4, 0.5) is 11.4 Å². The molecule has 0 bridgehead atoms. The molecular weight excluding hydrogens is 278 g/mol. The van der Waals surface area contributed by atoms with E-state index < -0.39 is 0 Å². The molecule has 22 heavy (non-hydrogen) atoms. The lowest BCUT2D eigenvalue weighted by Crippen LogP contribution is -2.21. The summed E-state index contributed by atoms with van der Waals surface area (Å²) >= 11 is 0. The van der Waals surface area contributed by atoms with Crippen LogP contribution in [0.25, 0.3) is 0 Å². The number of carbonyl (C=O) groups excluding carboxylic acids is 2. The van der Waals surface area contributed by atoms with E-state index in [-0.39, 0.29) is 11.8 Å². The largest absolute Gasteiger partial charge is 0.373 e. The zero-order valence-electron chi connectivity index (χ0n) is 13.8. The van der Waals surface area contributed by atoms with Gasteiger partial charge in [-0.05, 0) is 31.9 Å². The molecule has 0 radical (unpaired) electrons. The number of benzene rings is 1. The van der Waals surface area contributed by atoms with Crippen molar-refractivity contribution < 1.29 is 9.59 Å². The highest BCUT2D eigenvalue weighted by atomic mass is 16.2. The second kappa shape index (κ2) is 9.82. The third-order valence-electron chi connectivity index (χ3n) is 3.52. The zero-order chi connectivity index (χ0) is 16.4. The van der Waals surface area contributed by atoms with E-state index in [0.717, 1.165) is 37.2 Å². The normalized spacial score (nSPS) is 10.1. The van der Waals surface area contributed by atoms with Gasteiger partial charge in [0.2, 0.25) is 11.8 Å². The van der Waals surface area contributed by atoms with Crippen molar-refractivity contribution in [2.24, 2.45) is 0 Å². The smallest absolute Gasteiger partial charge is 0.224 e. The third-order valence-corrected chi connectivity index (χ3v) is 3.52. The van der Waals surface area contributed by atoms with Gasteiger partial charge in [-0.1, -0.05) is 18.6 Å². The number of carbonyl (C=O) groups is 2. The van der Waals surface area contributed by atoms with E-state index in [9.17, 15) is 9.59 Å². The first-order valence-corrected chi connectivity index (χ1v) is 7.89. The molecule has 1 aromatic rings. The molecule has 1 aromatic carbocycles. The molecular formula is C17H27N3O2. The van der Waals surface area contributed by atoms with Crippen molar-refractivity contribution in [1.82, 2.24) is 5.32 Å². The van der Waals surface area contributed by atoms with E-state index in [1.54, 1.807) is 0 Å². The molecule has 5 heteroatoms. The van der Waals surface area contributed by atoms with Gasteiger partial charge in [0, 0.05) is 33.5 Å². The van der Waals surface area contributed by atoms with Crippen LogP contribution in [-0.2, 0) is 9.59 Å². The number of rotatable bonds is 9. The van der Waals surface area contributed by atoms with Crippen molar-refractivity contribution in [1.29, 1.82) is 0 Å². The lowest BCUT2D eigenvalue weighted by molar-refractivity contribution is -0.119. The molecule has 0 atom stereocenters. The zero-order valence-corrected chi connectivity index (χ0v) is 13.8. The molecule has 0 aliphatic rings. The number of amides is 2. The van der Waals surface area contributed by atoms with Gasteiger partial charge in [0.1, 0.15) is 0 Å². The standard InChI is InChI=1S/C17H27N3O2/c1-4-20(3)16-11-8-7-10-15(16)19-17(22)12-6-5-9-13-18-14(2)21/h7-8,10-11H,4-6,9,12-13H2,1-3H3,(H,18,21)(H,19,22). The summed E-state index contributed by atoms with van der Waals surface area (Å²) in [5, 5.41) is 5.74. The Labute approximate surface area is 133 Å². The highest BCUT2D eigenvalue weighted by Crippen LogP contribution is 2.24. The van der Waals surface area contributed by atoms with Crippen molar-refractivity contribution in [2.75, 3.05) is 30.4 Å². The minimum atomic E-state index is -0.00519. The number of unbranched alkanes of at least 4 members (excludes halogenated alkanes) is 2. The highest BCUT2D eigenvalue weighted by molar-refractivity contribution is 5.94. The van der Waals surface area contributed by atoms with Crippen LogP contribution in [0.1, 0.15) is 39.5 Å². The number of anilines is 2. The predicted octanol–water partition coefficient (Wildman–Crippen LogP) is 2.78. The van der Waals surface area contributed by atoms with Crippen LogP contribution in [0.15, 0.2) is 24.3 Å². The maximum atomic E-state index is 12.0. The Hall–Kier alpha value is -2.04. The summed E-state index contributed by atoms with van der Waals surface area (Å²) in [6, 6.07) is 7.83. The van der Waals surface area contributed by atoms with Gasteiger partial charge >= 0.3 is 0 Å². The van der Waals surface area contributed by atoms with Gasteiger partial charge in [-0.15, -0.1) is 0 Å². The van der Waals surface area contributed by atoms with Gasteiger partial charge in [-0.3, -0.25) is 9.59 Å². The van der Waals surface area contributed by atoms with Gasteiger partial charge < -0.3 is 15.5 Å². The summed E-state index contributed by atoms with van der Waals surface area (Å²) in [7, 11) is 2.01. The average molecular weight is 305 g/mol. The van der Waals surface area contributed by atoms with Gasteiger partial charge in [0.15, 0.2) is 0 Å². The number of nitrogens with zero attached hydrogens (tertiary/aromatic N) is 1. The highest BCUT2D eigenvalue weighted by Gasteiger charge is 2.08. The van der Waals surface area contributed by atoms with Gasteiger partial charge in [0.25, 0.3) is 0 Å². The van der Waals surface area contributed by atoms with Crippen molar-refractivity contribution in [2.45, 2.75) is 39.5 Å². The fraction of sp³-hybridized carbons (Fsp3) is 0.529. The van der Waals surface area contributed by atoms with E-state index in [1.165, 1.54) is 6.92 Å². The van der Waals surface area contributed by atoms with Crippen molar-refractivity contribution in [3.63, 3.8) is 0 Å². The van der Waals surface area contributed by atoms with Crippen LogP contribution in [0.5, 0.6) is 0 Å². The molecule has 2 amide bonds. The first-order chi connectivity index (χ1) is 10.5. The molecule has 0 aliphatic heterocycles. The van der Waals surface area contributed by atoms with E-state index >= 15 is 0 Å². The van der Waals surface area contributed by atoms with Gasteiger partial charge in [-0.2, -0.15) is 0 Å². The Balaban J connectivity index is 2.35. The van der Waals surface area contributed by atoms with Crippen molar-refractivity contribution in [3.05, 3.63) is 24.3 Å². The molecule has 5 nitrogen and oxygen atoms in total. The Morgan fingerprint density at radius 1 is 1.14 bits per heavy atom. The van der Waals surface area contributed by atoms with Crippen LogP contribution < -0.4 is 15.5 Å². The monoisotopic (exact) mass is 305 g/mol. The molecule has 0 unspecified atom stereocenters. The second-order valence-corrected chi connectivity index (χ2v) is 5.37. The van der Waals surface area contributed by atoms with E-state index in [1.807, 2.05) is 31.3 Å². The van der Waals surface area contributed by atoms with E-state index in [0.29, 0.717) is 13.0 Å². The number of hydrogen-bond acceptors (Lipinski definition) is 3. The molecule has 0 aliphatic carbocycles. The van der Waals surface area contributed by atoms with Gasteiger partial charge in [0.05, 0.1) is 11.4 Å². The molecule has 0 fully saturated rings. The number of nitrogens with one attached hydrogen (secondary N) is 2. The molecule has 2 N–H and O–H groups in total. The summed E-state index contributed by atoms with van der Waals surface area (Å²) in [6.45, 7) is 5.16. The maximum Gasteiger partial charge on any atom is 0.224 e. The third kappa shape index (κ3) is 6.61. The molecule has 1 rings (SSSR count). The topological polar surface area (TPSA) is 61.4 Å². The van der Waals surface area contributed by atoms with Crippen molar-refractivity contribution in [3.8, 4) is 0 Å². The fourth-order valence-corrected chi connectivity index (χ4v) is 2.15. The quantitative estimate of drug-likeness (QED) is 0.690. The lowest BCUT2D eigenvalue weighted by Gasteiger charge is -2.20. The molecule has 0 spiro atoms. The maximum absolute atomic E-state index is 12.0. The first kappa shape index (κ1) is 18.0. The van der Waals surface area contributed by atoms with Gasteiger partial charge in [-0.25, -0.2) is 0 Å². The fourth-order valence-electron chi connectivity index (χ4n) is 2.15.